The Bertz CT molecular complexity index is 1120. The molecule has 0 aliphatic carbocycles. The maximum atomic E-state index is 13.1. The maximum absolute atomic E-state index is 13.1. The van der Waals surface area contributed by atoms with Crippen molar-refractivity contribution in [1.82, 2.24) is 24.6 Å². The van der Waals surface area contributed by atoms with Gasteiger partial charge < -0.3 is 4.90 Å². The van der Waals surface area contributed by atoms with E-state index in [4.69, 9.17) is 0 Å². The first-order valence-electron chi connectivity index (χ1n) is 10.8. The lowest BCUT2D eigenvalue weighted by atomic mass is 10.2. The van der Waals surface area contributed by atoms with Crippen molar-refractivity contribution in [3.63, 3.8) is 0 Å². The van der Waals surface area contributed by atoms with Crippen molar-refractivity contribution >= 4 is 12.0 Å². The van der Waals surface area contributed by atoms with Gasteiger partial charge in [0, 0.05) is 56.7 Å². The number of hydrogen-bond acceptors (Lipinski definition) is 5. The van der Waals surface area contributed by atoms with Crippen molar-refractivity contribution < 1.29 is 4.79 Å². The molecule has 0 spiro atoms. The molecular formula is C25H27N5O2. The number of benzene rings is 1. The second-order valence-corrected chi connectivity index (χ2v) is 7.86. The Morgan fingerprint density at radius 3 is 2.53 bits per heavy atom. The molecule has 4 rings (SSSR count). The van der Waals surface area contributed by atoms with Crippen LogP contribution in [0.4, 0.5) is 0 Å². The third kappa shape index (κ3) is 5.18. The first kappa shape index (κ1) is 21.6. The van der Waals surface area contributed by atoms with Crippen molar-refractivity contribution in [2.45, 2.75) is 13.0 Å². The molecule has 1 fully saturated rings. The van der Waals surface area contributed by atoms with E-state index in [1.54, 1.807) is 25.4 Å². The number of pyridine rings is 1. The van der Waals surface area contributed by atoms with Gasteiger partial charge in [0.1, 0.15) is 6.04 Å². The van der Waals surface area contributed by atoms with Gasteiger partial charge in [-0.25, -0.2) is 4.68 Å². The predicted octanol–water partition coefficient (Wildman–Crippen LogP) is 2.72. The molecular weight excluding hydrogens is 402 g/mol. The van der Waals surface area contributed by atoms with E-state index in [-0.39, 0.29) is 11.5 Å². The Kier molecular flexibility index (Phi) is 6.87. The van der Waals surface area contributed by atoms with Gasteiger partial charge in [0.2, 0.25) is 5.91 Å². The van der Waals surface area contributed by atoms with Gasteiger partial charge in [-0.1, -0.05) is 42.5 Å². The molecule has 0 bridgehead atoms. The van der Waals surface area contributed by atoms with Crippen LogP contribution in [-0.2, 0) is 4.79 Å². The zero-order valence-corrected chi connectivity index (χ0v) is 18.2. The van der Waals surface area contributed by atoms with E-state index in [0.29, 0.717) is 18.8 Å². The summed E-state index contributed by atoms with van der Waals surface area (Å²) in [5.41, 5.74) is 2.32. The SMILES string of the molecule is CC(C(=O)N1CCN(C/C=C/c2ccccc2)CC1)n1nc(-c2cccnc2)ccc1=O. The van der Waals surface area contributed by atoms with Gasteiger partial charge in [0.15, 0.2) is 0 Å². The molecule has 1 unspecified atom stereocenters. The molecule has 7 nitrogen and oxygen atoms in total. The van der Waals surface area contributed by atoms with Crippen molar-refractivity contribution in [1.29, 1.82) is 0 Å². The molecule has 1 amide bonds. The number of carbonyl (C=O) groups is 1. The van der Waals surface area contributed by atoms with Gasteiger partial charge in [0.05, 0.1) is 5.69 Å². The summed E-state index contributed by atoms with van der Waals surface area (Å²) in [7, 11) is 0. The van der Waals surface area contributed by atoms with Crippen LogP contribution in [0.25, 0.3) is 17.3 Å². The molecule has 32 heavy (non-hydrogen) atoms. The van der Waals surface area contributed by atoms with Gasteiger partial charge in [-0.3, -0.25) is 19.5 Å². The number of nitrogens with zero attached hydrogens (tertiary/aromatic N) is 5. The molecule has 1 aliphatic rings. The van der Waals surface area contributed by atoms with Crippen LogP contribution in [0.3, 0.4) is 0 Å². The Hall–Kier alpha value is -3.58. The lowest BCUT2D eigenvalue weighted by Gasteiger charge is -2.35. The molecule has 164 valence electrons. The highest BCUT2D eigenvalue weighted by Gasteiger charge is 2.26. The lowest BCUT2D eigenvalue weighted by molar-refractivity contribution is -0.136. The van der Waals surface area contributed by atoms with Crippen LogP contribution in [-0.4, -0.2) is 63.2 Å². The summed E-state index contributed by atoms with van der Waals surface area (Å²) >= 11 is 0. The molecule has 1 aromatic carbocycles. The minimum atomic E-state index is -0.663. The molecule has 0 N–H and O–H groups in total. The van der Waals surface area contributed by atoms with Gasteiger partial charge in [-0.05, 0) is 30.7 Å². The number of rotatable bonds is 6. The van der Waals surface area contributed by atoms with Gasteiger partial charge >= 0.3 is 0 Å². The molecule has 0 radical (unpaired) electrons. The zero-order valence-electron chi connectivity index (χ0n) is 18.2. The Morgan fingerprint density at radius 1 is 1.03 bits per heavy atom. The fourth-order valence-electron chi connectivity index (χ4n) is 3.79. The summed E-state index contributed by atoms with van der Waals surface area (Å²) in [5, 5.41) is 4.44. The summed E-state index contributed by atoms with van der Waals surface area (Å²) in [6.07, 6.45) is 7.65. The molecule has 1 atom stereocenters. The number of piperazine rings is 1. The van der Waals surface area contributed by atoms with E-state index in [2.05, 4.69) is 39.3 Å². The van der Waals surface area contributed by atoms with Crippen molar-refractivity contribution in [2.75, 3.05) is 32.7 Å². The van der Waals surface area contributed by atoms with E-state index in [1.165, 1.54) is 16.3 Å². The van der Waals surface area contributed by atoms with Gasteiger partial charge in [-0.2, -0.15) is 5.10 Å². The highest BCUT2D eigenvalue weighted by molar-refractivity contribution is 5.80. The van der Waals surface area contributed by atoms with E-state index in [9.17, 15) is 9.59 Å². The molecule has 7 heteroatoms. The average molecular weight is 430 g/mol. The molecule has 1 saturated heterocycles. The number of amides is 1. The van der Waals surface area contributed by atoms with Crippen LogP contribution in [0, 0.1) is 0 Å². The van der Waals surface area contributed by atoms with Crippen LogP contribution < -0.4 is 5.56 Å². The van der Waals surface area contributed by atoms with Crippen LogP contribution >= 0.6 is 0 Å². The maximum Gasteiger partial charge on any atom is 0.267 e. The smallest absolute Gasteiger partial charge is 0.267 e. The quantitative estimate of drug-likeness (QED) is 0.603. The minimum absolute atomic E-state index is 0.0811. The first-order chi connectivity index (χ1) is 15.6. The highest BCUT2D eigenvalue weighted by Crippen LogP contribution is 2.16. The summed E-state index contributed by atoms with van der Waals surface area (Å²) in [6, 6.07) is 16.4. The fraction of sp³-hybridized carbons (Fsp3) is 0.280. The molecule has 2 aromatic heterocycles. The van der Waals surface area contributed by atoms with Crippen LogP contribution in [0.15, 0.2) is 77.9 Å². The van der Waals surface area contributed by atoms with E-state index >= 15 is 0 Å². The van der Waals surface area contributed by atoms with Crippen LogP contribution in [0.2, 0.25) is 0 Å². The topological polar surface area (TPSA) is 71.3 Å². The summed E-state index contributed by atoms with van der Waals surface area (Å²) in [5.74, 6) is -0.0811. The third-order valence-corrected chi connectivity index (χ3v) is 5.66. The minimum Gasteiger partial charge on any atom is -0.338 e. The largest absolute Gasteiger partial charge is 0.338 e. The summed E-state index contributed by atoms with van der Waals surface area (Å²) in [6.45, 7) is 5.46. The molecule has 0 saturated carbocycles. The normalized spacial score (nSPS) is 15.7. The van der Waals surface area contributed by atoms with E-state index < -0.39 is 6.04 Å². The molecule has 1 aliphatic heterocycles. The highest BCUT2D eigenvalue weighted by atomic mass is 16.2. The lowest BCUT2D eigenvalue weighted by Crippen LogP contribution is -2.51. The Balaban J connectivity index is 1.36. The monoisotopic (exact) mass is 429 g/mol. The molecule has 3 heterocycles. The number of aromatic nitrogens is 3. The van der Waals surface area contributed by atoms with Crippen LogP contribution in [0.5, 0.6) is 0 Å². The number of hydrogen-bond donors (Lipinski definition) is 0. The Labute approximate surface area is 187 Å². The zero-order chi connectivity index (χ0) is 22.3. The molecule has 3 aromatic rings. The van der Waals surface area contributed by atoms with Crippen molar-refractivity contribution in [3.05, 3.63) is 89.0 Å². The summed E-state index contributed by atoms with van der Waals surface area (Å²) < 4.78 is 1.28. The standard InChI is InChI=1S/C25H27N5O2/c1-20(30-24(31)12-11-23(27-30)22-10-5-13-26-19-22)25(32)29-17-15-28(16-18-29)14-6-9-21-7-3-2-4-8-21/h2-13,19-20H,14-18H2,1H3/b9-6+. The fourth-order valence-corrected chi connectivity index (χ4v) is 3.79. The van der Waals surface area contributed by atoms with Gasteiger partial charge in [0.25, 0.3) is 5.56 Å². The summed E-state index contributed by atoms with van der Waals surface area (Å²) in [4.78, 5) is 33.7. The van der Waals surface area contributed by atoms with Crippen LogP contribution in [0.1, 0.15) is 18.5 Å². The Morgan fingerprint density at radius 2 is 1.81 bits per heavy atom. The second kappa shape index (κ2) is 10.2. The van der Waals surface area contributed by atoms with Crippen molar-refractivity contribution in [2.24, 2.45) is 0 Å². The van der Waals surface area contributed by atoms with Crippen molar-refractivity contribution in [3.8, 4) is 11.3 Å². The third-order valence-electron chi connectivity index (χ3n) is 5.66. The van der Waals surface area contributed by atoms with E-state index in [1.807, 2.05) is 35.2 Å². The second-order valence-electron chi connectivity index (χ2n) is 7.86. The average Bonchev–Trinajstić information content (AvgIpc) is 2.85. The predicted molar refractivity (Wildman–Crippen MR) is 125 cm³/mol. The van der Waals surface area contributed by atoms with Gasteiger partial charge in [-0.15, -0.1) is 0 Å². The van der Waals surface area contributed by atoms with E-state index in [0.717, 1.165) is 25.2 Å². The number of carbonyl (C=O) groups excluding carboxylic acids is 1. The first-order valence-corrected chi connectivity index (χ1v) is 10.8.